The van der Waals surface area contributed by atoms with Crippen molar-refractivity contribution in [1.29, 1.82) is 5.26 Å². The molecule has 110 valence electrons. The molecule has 0 aliphatic heterocycles. The normalized spacial score (nSPS) is 11.1. The maximum Gasteiger partial charge on any atom is 0.280 e. The molecule has 0 aliphatic carbocycles. The number of benzene rings is 1. The Bertz CT molecular complexity index is 906. The topological polar surface area (TPSA) is 54.0 Å². The zero-order valence-electron chi connectivity index (χ0n) is 12.0. The van der Waals surface area contributed by atoms with Gasteiger partial charge in [-0.1, -0.05) is 12.1 Å². The van der Waals surface area contributed by atoms with Gasteiger partial charge in [0.2, 0.25) is 0 Å². The highest BCUT2D eigenvalue weighted by Gasteiger charge is 2.18. The molecule has 0 unspecified atom stereocenters. The van der Waals surface area contributed by atoms with Gasteiger partial charge in [0, 0.05) is 5.56 Å². The number of hydrogen-bond acceptors (Lipinski definition) is 3. The summed E-state index contributed by atoms with van der Waals surface area (Å²) in [6, 6.07) is 8.88. The van der Waals surface area contributed by atoms with Crippen LogP contribution in [0.25, 0.3) is 16.9 Å². The van der Waals surface area contributed by atoms with E-state index < -0.39 is 6.43 Å². The number of halogens is 2. The Kier molecular flexibility index (Phi) is 3.33. The van der Waals surface area contributed by atoms with E-state index in [1.807, 2.05) is 38.1 Å². The fourth-order valence-corrected chi connectivity index (χ4v) is 2.27. The molecular formula is C16H12F2N4. The van der Waals surface area contributed by atoms with E-state index in [2.05, 4.69) is 10.1 Å². The summed E-state index contributed by atoms with van der Waals surface area (Å²) >= 11 is 0. The number of hydrogen-bond donors (Lipinski definition) is 0. The zero-order valence-corrected chi connectivity index (χ0v) is 12.0. The molecule has 0 bridgehead atoms. The van der Waals surface area contributed by atoms with Crippen LogP contribution < -0.4 is 0 Å². The third-order valence-electron chi connectivity index (χ3n) is 3.65. The predicted molar refractivity (Wildman–Crippen MR) is 77.6 cm³/mol. The quantitative estimate of drug-likeness (QED) is 0.722. The smallest absolute Gasteiger partial charge is 0.227 e. The molecule has 0 atom stereocenters. The summed E-state index contributed by atoms with van der Waals surface area (Å²) < 4.78 is 27.6. The van der Waals surface area contributed by atoms with Crippen molar-refractivity contribution in [1.82, 2.24) is 14.6 Å². The Labute approximate surface area is 125 Å². The Morgan fingerprint density at radius 3 is 2.59 bits per heavy atom. The maximum absolute atomic E-state index is 13.3. The highest BCUT2D eigenvalue weighted by Crippen LogP contribution is 2.27. The summed E-state index contributed by atoms with van der Waals surface area (Å²) in [6.45, 7) is 3.93. The van der Waals surface area contributed by atoms with E-state index in [-0.39, 0.29) is 16.9 Å². The van der Waals surface area contributed by atoms with Gasteiger partial charge in [0.25, 0.3) is 6.43 Å². The molecule has 2 aromatic heterocycles. The van der Waals surface area contributed by atoms with Gasteiger partial charge < -0.3 is 0 Å². The van der Waals surface area contributed by atoms with Crippen LogP contribution in [-0.4, -0.2) is 14.6 Å². The average molecular weight is 298 g/mol. The average Bonchev–Trinajstić information content (AvgIpc) is 2.91. The van der Waals surface area contributed by atoms with Crippen LogP contribution in [0.4, 0.5) is 8.78 Å². The maximum atomic E-state index is 13.3. The number of fused-ring (bicyclic) bond motifs is 1. The lowest BCUT2D eigenvalue weighted by molar-refractivity contribution is 0.143. The summed E-state index contributed by atoms with van der Waals surface area (Å²) in [5.41, 5.74) is 3.34. The number of nitrogens with zero attached hydrogens (tertiary/aromatic N) is 4. The Morgan fingerprint density at radius 2 is 1.95 bits per heavy atom. The first-order chi connectivity index (χ1) is 10.5. The van der Waals surface area contributed by atoms with Gasteiger partial charge in [-0.2, -0.15) is 10.4 Å². The Balaban J connectivity index is 2.30. The van der Waals surface area contributed by atoms with Crippen LogP contribution in [0.2, 0.25) is 0 Å². The number of aryl methyl sites for hydroxylation is 2. The highest BCUT2D eigenvalue weighted by molar-refractivity contribution is 5.66. The predicted octanol–water partition coefficient (Wildman–Crippen LogP) is 3.82. The van der Waals surface area contributed by atoms with E-state index in [9.17, 15) is 8.78 Å². The minimum Gasteiger partial charge on any atom is -0.227 e. The molecule has 22 heavy (non-hydrogen) atoms. The first-order valence-electron chi connectivity index (χ1n) is 6.66. The van der Waals surface area contributed by atoms with Crippen molar-refractivity contribution < 1.29 is 8.78 Å². The lowest BCUT2D eigenvalue weighted by Gasteiger charge is -2.09. The third kappa shape index (κ3) is 2.21. The number of alkyl halides is 2. The Hall–Kier alpha value is -2.81. The van der Waals surface area contributed by atoms with Gasteiger partial charge in [-0.15, -0.1) is 0 Å². The zero-order chi connectivity index (χ0) is 15.9. The molecular weight excluding hydrogens is 286 g/mol. The van der Waals surface area contributed by atoms with Crippen LogP contribution in [0.15, 0.2) is 30.5 Å². The van der Waals surface area contributed by atoms with Crippen molar-refractivity contribution in [3.63, 3.8) is 0 Å². The van der Waals surface area contributed by atoms with Crippen LogP contribution in [-0.2, 0) is 0 Å². The first-order valence-corrected chi connectivity index (χ1v) is 6.66. The summed E-state index contributed by atoms with van der Waals surface area (Å²) in [5, 5.41) is 12.9. The van der Waals surface area contributed by atoms with E-state index in [0.717, 1.165) is 21.2 Å². The second-order valence-electron chi connectivity index (χ2n) is 5.07. The van der Waals surface area contributed by atoms with Gasteiger partial charge in [0.15, 0.2) is 5.65 Å². The van der Waals surface area contributed by atoms with Crippen molar-refractivity contribution >= 4 is 5.65 Å². The van der Waals surface area contributed by atoms with Gasteiger partial charge in [-0.25, -0.2) is 18.3 Å². The number of rotatable bonds is 2. The van der Waals surface area contributed by atoms with Crippen molar-refractivity contribution in [2.75, 3.05) is 0 Å². The molecule has 1 aromatic carbocycles. The summed E-state index contributed by atoms with van der Waals surface area (Å²) in [4.78, 5) is 4.33. The number of nitriles is 1. The second-order valence-corrected chi connectivity index (χ2v) is 5.07. The summed E-state index contributed by atoms with van der Waals surface area (Å²) in [6.07, 6.45) is -1.46. The van der Waals surface area contributed by atoms with Gasteiger partial charge >= 0.3 is 0 Å². The molecule has 0 saturated heterocycles. The second kappa shape index (κ2) is 5.19. The van der Waals surface area contributed by atoms with Gasteiger partial charge in [-0.05, 0) is 37.1 Å². The van der Waals surface area contributed by atoms with Crippen LogP contribution in [0, 0.1) is 25.2 Å². The fraction of sp³-hybridized carbons (Fsp3) is 0.188. The van der Waals surface area contributed by atoms with Crippen molar-refractivity contribution in [2.45, 2.75) is 20.3 Å². The molecule has 0 aliphatic rings. The largest absolute Gasteiger partial charge is 0.280 e. The van der Waals surface area contributed by atoms with E-state index in [0.29, 0.717) is 5.69 Å². The lowest BCUT2D eigenvalue weighted by atomic mass is 10.0. The van der Waals surface area contributed by atoms with Crippen LogP contribution in [0.5, 0.6) is 0 Å². The van der Waals surface area contributed by atoms with E-state index in [1.165, 1.54) is 12.3 Å². The SMILES string of the molecule is Cc1ccc(-c2cc(C(F)F)n3ncc(C#N)c3n2)cc1C. The Morgan fingerprint density at radius 1 is 1.18 bits per heavy atom. The third-order valence-corrected chi connectivity index (χ3v) is 3.65. The fourth-order valence-electron chi connectivity index (χ4n) is 2.27. The van der Waals surface area contributed by atoms with Gasteiger partial charge in [0.1, 0.15) is 17.3 Å². The standard InChI is InChI=1S/C16H12F2N4/c1-9-3-4-11(5-10(9)2)13-6-14(15(17)18)22-16(21-13)12(7-19)8-20-22/h3-6,8,15H,1-2H3. The van der Waals surface area contributed by atoms with Crippen molar-refractivity contribution in [3.05, 3.63) is 52.8 Å². The van der Waals surface area contributed by atoms with E-state index in [1.54, 1.807) is 0 Å². The molecule has 2 heterocycles. The molecule has 4 nitrogen and oxygen atoms in total. The minimum atomic E-state index is -2.71. The molecule has 0 saturated carbocycles. The summed E-state index contributed by atoms with van der Waals surface area (Å²) in [7, 11) is 0. The van der Waals surface area contributed by atoms with Crippen molar-refractivity contribution in [3.8, 4) is 17.3 Å². The molecule has 0 N–H and O–H groups in total. The highest BCUT2D eigenvalue weighted by atomic mass is 19.3. The molecule has 3 rings (SSSR count). The molecule has 6 heteroatoms. The van der Waals surface area contributed by atoms with Crippen LogP contribution in [0.1, 0.15) is 28.8 Å². The van der Waals surface area contributed by atoms with E-state index in [4.69, 9.17) is 5.26 Å². The first kappa shape index (κ1) is 14.1. The molecule has 0 amide bonds. The van der Waals surface area contributed by atoms with Crippen LogP contribution in [0.3, 0.4) is 0 Å². The van der Waals surface area contributed by atoms with Gasteiger partial charge in [-0.3, -0.25) is 0 Å². The molecule has 0 spiro atoms. The van der Waals surface area contributed by atoms with Gasteiger partial charge in [0.05, 0.1) is 11.9 Å². The molecule has 0 fully saturated rings. The number of aromatic nitrogens is 3. The van der Waals surface area contributed by atoms with Crippen LogP contribution >= 0.6 is 0 Å². The summed E-state index contributed by atoms with van der Waals surface area (Å²) in [5.74, 6) is 0. The minimum absolute atomic E-state index is 0.147. The monoisotopic (exact) mass is 298 g/mol. The van der Waals surface area contributed by atoms with Crippen molar-refractivity contribution in [2.24, 2.45) is 0 Å². The lowest BCUT2D eigenvalue weighted by Crippen LogP contribution is -2.03. The van der Waals surface area contributed by atoms with E-state index >= 15 is 0 Å². The molecule has 3 aromatic rings. The molecule has 0 radical (unpaired) electrons.